The molecule has 1 fully saturated rings. The molecule has 2 aromatic carbocycles. The molecule has 0 radical (unpaired) electrons. The zero-order chi connectivity index (χ0) is 19.3. The predicted molar refractivity (Wildman–Crippen MR) is 111 cm³/mol. The molecule has 0 aromatic heterocycles. The van der Waals surface area contributed by atoms with Gasteiger partial charge in [-0.2, -0.15) is 0 Å². The molecular weight excluding hydrogens is 334 g/mol. The first-order chi connectivity index (χ1) is 13.0. The molecule has 0 saturated carbocycles. The molecule has 1 aliphatic heterocycles. The Hall–Kier alpha value is -2.33. The Morgan fingerprint density at radius 1 is 0.926 bits per heavy atom. The van der Waals surface area contributed by atoms with Crippen molar-refractivity contribution in [2.24, 2.45) is 0 Å². The molecule has 2 amide bonds. The summed E-state index contributed by atoms with van der Waals surface area (Å²) < 4.78 is 0. The fourth-order valence-electron chi connectivity index (χ4n) is 4.17. The van der Waals surface area contributed by atoms with E-state index in [0.717, 1.165) is 39.0 Å². The van der Waals surface area contributed by atoms with E-state index >= 15 is 0 Å². The Morgan fingerprint density at radius 2 is 1.48 bits per heavy atom. The van der Waals surface area contributed by atoms with E-state index in [2.05, 4.69) is 65.6 Å². The van der Waals surface area contributed by atoms with Crippen LogP contribution >= 0.6 is 0 Å². The number of urea groups is 1. The van der Waals surface area contributed by atoms with Crippen LogP contribution in [0.4, 0.5) is 4.79 Å². The van der Waals surface area contributed by atoms with Crippen LogP contribution in [0, 0.1) is 0 Å². The fourth-order valence-corrected chi connectivity index (χ4v) is 4.17. The summed E-state index contributed by atoms with van der Waals surface area (Å²) in [5.41, 5.74) is 2.74. The number of hydrogen-bond donors (Lipinski definition) is 0. The number of likely N-dealkylation sites (tertiary alicyclic amines) is 1. The van der Waals surface area contributed by atoms with Crippen LogP contribution < -0.4 is 0 Å². The van der Waals surface area contributed by atoms with Gasteiger partial charge in [0, 0.05) is 39.6 Å². The van der Waals surface area contributed by atoms with Crippen molar-refractivity contribution in [3.8, 4) is 0 Å². The van der Waals surface area contributed by atoms with Crippen LogP contribution in [0.5, 0.6) is 0 Å². The molecule has 2 aromatic rings. The van der Waals surface area contributed by atoms with E-state index in [1.54, 1.807) is 4.90 Å². The Bertz CT molecular complexity index is 722. The first-order valence-corrected chi connectivity index (χ1v) is 9.74. The third kappa shape index (κ3) is 4.69. The van der Waals surface area contributed by atoms with Gasteiger partial charge < -0.3 is 9.80 Å². The number of carbonyl (C=O) groups is 1. The molecule has 0 atom stereocenters. The van der Waals surface area contributed by atoms with Crippen LogP contribution in [0.1, 0.15) is 24.0 Å². The maximum absolute atomic E-state index is 12.4. The molecule has 0 bridgehead atoms. The van der Waals surface area contributed by atoms with Gasteiger partial charge in [0.15, 0.2) is 0 Å². The van der Waals surface area contributed by atoms with E-state index in [1.807, 2.05) is 26.0 Å². The Morgan fingerprint density at radius 3 is 2.04 bits per heavy atom. The monoisotopic (exact) mass is 365 g/mol. The molecular formula is C23H31N3O. The highest BCUT2D eigenvalue weighted by Gasteiger charge is 2.38. The van der Waals surface area contributed by atoms with Gasteiger partial charge in [0.05, 0.1) is 0 Å². The largest absolute Gasteiger partial charge is 0.331 e. The van der Waals surface area contributed by atoms with Crippen LogP contribution in [0.3, 0.4) is 0 Å². The SMILES string of the molecule is CN(C)C(=O)N(C)CC1(c2ccccc2)CCN(Cc2ccccc2)CC1. The fraction of sp³-hybridized carbons (Fsp3) is 0.435. The molecule has 4 heteroatoms. The number of hydrogen-bond acceptors (Lipinski definition) is 2. The zero-order valence-electron chi connectivity index (χ0n) is 16.8. The van der Waals surface area contributed by atoms with Crippen LogP contribution in [0.25, 0.3) is 0 Å². The highest BCUT2D eigenvalue weighted by atomic mass is 16.2. The van der Waals surface area contributed by atoms with Crippen LogP contribution in [-0.2, 0) is 12.0 Å². The highest BCUT2D eigenvalue weighted by Crippen LogP contribution is 2.36. The summed E-state index contributed by atoms with van der Waals surface area (Å²) in [5.74, 6) is 0. The van der Waals surface area contributed by atoms with Crippen LogP contribution in [0.2, 0.25) is 0 Å². The van der Waals surface area contributed by atoms with Crippen molar-refractivity contribution in [1.29, 1.82) is 0 Å². The lowest BCUT2D eigenvalue weighted by Gasteiger charge is -2.44. The van der Waals surface area contributed by atoms with Gasteiger partial charge in [-0.05, 0) is 37.1 Å². The highest BCUT2D eigenvalue weighted by molar-refractivity contribution is 5.73. The standard InChI is InChI=1S/C23H31N3O/c1-24(2)22(27)25(3)19-23(21-12-8-5-9-13-21)14-16-26(17-15-23)18-20-10-6-4-7-11-20/h4-13H,14-19H2,1-3H3. The number of carbonyl (C=O) groups excluding carboxylic acids is 1. The van der Waals surface area contributed by atoms with E-state index in [0.29, 0.717) is 0 Å². The summed E-state index contributed by atoms with van der Waals surface area (Å²) in [7, 11) is 5.55. The topological polar surface area (TPSA) is 26.8 Å². The van der Waals surface area contributed by atoms with Gasteiger partial charge in [-0.1, -0.05) is 60.7 Å². The van der Waals surface area contributed by atoms with E-state index in [9.17, 15) is 4.79 Å². The summed E-state index contributed by atoms with van der Waals surface area (Å²) in [6, 6.07) is 21.5. The lowest BCUT2D eigenvalue weighted by atomic mass is 9.72. The Kier molecular flexibility index (Phi) is 6.17. The Balaban J connectivity index is 1.74. The number of benzene rings is 2. The van der Waals surface area contributed by atoms with E-state index in [-0.39, 0.29) is 11.4 Å². The maximum Gasteiger partial charge on any atom is 0.319 e. The molecule has 1 aliphatic rings. The van der Waals surface area contributed by atoms with E-state index in [1.165, 1.54) is 11.1 Å². The second-order valence-electron chi connectivity index (χ2n) is 7.94. The molecule has 27 heavy (non-hydrogen) atoms. The molecule has 0 unspecified atom stereocenters. The van der Waals surface area contributed by atoms with Crippen LogP contribution in [-0.4, -0.2) is 61.5 Å². The van der Waals surface area contributed by atoms with Crippen molar-refractivity contribution in [2.45, 2.75) is 24.8 Å². The second kappa shape index (κ2) is 8.57. The maximum atomic E-state index is 12.4. The minimum atomic E-state index is 0.0227. The van der Waals surface area contributed by atoms with E-state index in [4.69, 9.17) is 0 Å². The number of likely N-dealkylation sites (N-methyl/N-ethyl adjacent to an activating group) is 1. The first kappa shape index (κ1) is 19.4. The molecule has 4 nitrogen and oxygen atoms in total. The summed E-state index contributed by atoms with van der Waals surface area (Å²) in [6.07, 6.45) is 2.13. The third-order valence-electron chi connectivity index (χ3n) is 5.70. The summed E-state index contributed by atoms with van der Waals surface area (Å²) in [6.45, 7) is 3.85. The zero-order valence-corrected chi connectivity index (χ0v) is 16.8. The van der Waals surface area contributed by atoms with Gasteiger partial charge in [-0.25, -0.2) is 4.79 Å². The van der Waals surface area contributed by atoms with Crippen molar-refractivity contribution in [1.82, 2.24) is 14.7 Å². The molecule has 1 heterocycles. The average molecular weight is 366 g/mol. The molecule has 144 valence electrons. The first-order valence-electron chi connectivity index (χ1n) is 9.74. The summed E-state index contributed by atoms with van der Waals surface area (Å²) in [5, 5.41) is 0. The molecule has 1 saturated heterocycles. The van der Waals surface area contributed by atoms with Crippen molar-refractivity contribution in [3.63, 3.8) is 0 Å². The second-order valence-corrected chi connectivity index (χ2v) is 7.94. The van der Waals surface area contributed by atoms with Crippen molar-refractivity contribution in [2.75, 3.05) is 40.8 Å². The summed E-state index contributed by atoms with van der Waals surface area (Å²) in [4.78, 5) is 18.5. The Labute approximate surface area is 163 Å². The molecule has 0 N–H and O–H groups in total. The molecule has 0 spiro atoms. The normalized spacial score (nSPS) is 16.7. The van der Waals surface area contributed by atoms with Crippen molar-refractivity contribution in [3.05, 3.63) is 71.8 Å². The smallest absolute Gasteiger partial charge is 0.319 e. The average Bonchev–Trinajstić information content (AvgIpc) is 2.70. The van der Waals surface area contributed by atoms with Gasteiger partial charge in [0.2, 0.25) is 0 Å². The number of rotatable bonds is 5. The van der Waals surface area contributed by atoms with Crippen LogP contribution in [0.15, 0.2) is 60.7 Å². The number of amides is 2. The van der Waals surface area contributed by atoms with Gasteiger partial charge >= 0.3 is 6.03 Å². The lowest BCUT2D eigenvalue weighted by molar-refractivity contribution is 0.118. The van der Waals surface area contributed by atoms with Gasteiger partial charge in [-0.15, -0.1) is 0 Å². The summed E-state index contributed by atoms with van der Waals surface area (Å²) >= 11 is 0. The third-order valence-corrected chi connectivity index (χ3v) is 5.70. The molecule has 3 rings (SSSR count). The van der Waals surface area contributed by atoms with Crippen molar-refractivity contribution >= 4 is 6.03 Å². The van der Waals surface area contributed by atoms with Gasteiger partial charge in [-0.3, -0.25) is 4.90 Å². The quantitative estimate of drug-likeness (QED) is 0.805. The lowest BCUT2D eigenvalue weighted by Crippen LogP contribution is -2.50. The van der Waals surface area contributed by atoms with Gasteiger partial charge in [0.1, 0.15) is 0 Å². The van der Waals surface area contributed by atoms with E-state index < -0.39 is 0 Å². The number of nitrogens with zero attached hydrogens (tertiary/aromatic N) is 3. The van der Waals surface area contributed by atoms with Crippen molar-refractivity contribution < 1.29 is 4.79 Å². The van der Waals surface area contributed by atoms with Gasteiger partial charge in [0.25, 0.3) is 0 Å². The number of piperidine rings is 1. The minimum Gasteiger partial charge on any atom is -0.331 e. The predicted octanol–water partition coefficient (Wildman–Crippen LogP) is 3.83. The molecule has 0 aliphatic carbocycles. The minimum absolute atomic E-state index is 0.0227.